The first-order chi connectivity index (χ1) is 7.81. The molecular weight excluding hydrogens is 270 g/mol. The van der Waals surface area contributed by atoms with E-state index in [1.165, 1.54) is 19.2 Å². The van der Waals surface area contributed by atoms with Gasteiger partial charge in [-0.15, -0.1) is 0 Å². The molecule has 1 aliphatic rings. The van der Waals surface area contributed by atoms with Crippen molar-refractivity contribution in [3.63, 3.8) is 0 Å². The Balaban J connectivity index is 1.97. The van der Waals surface area contributed by atoms with E-state index < -0.39 is 0 Å². The van der Waals surface area contributed by atoms with Crippen molar-refractivity contribution in [2.45, 2.75) is 25.3 Å². The molecule has 5 heteroatoms. The molecule has 0 aromatic carbocycles. The zero-order valence-corrected chi connectivity index (χ0v) is 10.5. The summed E-state index contributed by atoms with van der Waals surface area (Å²) in [5.74, 6) is 0.479. The van der Waals surface area contributed by atoms with Crippen LogP contribution in [-0.2, 0) is 0 Å². The van der Waals surface area contributed by atoms with Gasteiger partial charge in [-0.05, 0) is 18.8 Å². The normalized spacial score (nSPS) is 24.3. The van der Waals surface area contributed by atoms with Crippen molar-refractivity contribution in [2.24, 2.45) is 5.92 Å². The molecule has 1 aromatic rings. The molecule has 0 spiro atoms. The zero-order chi connectivity index (χ0) is 11.4. The quantitative estimate of drug-likeness (QED) is 0.861. The topological polar surface area (TPSA) is 54.9 Å². The van der Waals surface area contributed by atoms with Gasteiger partial charge in [-0.3, -0.25) is 4.79 Å². The minimum absolute atomic E-state index is 0.0709. The van der Waals surface area contributed by atoms with Crippen molar-refractivity contribution in [2.75, 3.05) is 5.33 Å². The standard InChI is InChI=1S/C11H14BrN3O/c12-4-8-2-1-3-10(8)15-11(16)9-5-13-7-14-6-9/h5-8,10H,1-4H2,(H,15,16). The highest BCUT2D eigenvalue weighted by Crippen LogP contribution is 2.27. The van der Waals surface area contributed by atoms with Crippen molar-refractivity contribution in [1.29, 1.82) is 0 Å². The second-order valence-corrected chi connectivity index (χ2v) is 4.70. The van der Waals surface area contributed by atoms with Crippen LogP contribution in [0.25, 0.3) is 0 Å². The Bertz CT molecular complexity index is 358. The lowest BCUT2D eigenvalue weighted by Crippen LogP contribution is -2.37. The van der Waals surface area contributed by atoms with Crippen molar-refractivity contribution < 1.29 is 4.79 Å². The maximum absolute atomic E-state index is 11.9. The summed E-state index contributed by atoms with van der Waals surface area (Å²) in [4.78, 5) is 19.5. The van der Waals surface area contributed by atoms with E-state index in [9.17, 15) is 4.79 Å². The first-order valence-corrected chi connectivity index (χ1v) is 6.55. The Morgan fingerprint density at radius 1 is 1.44 bits per heavy atom. The summed E-state index contributed by atoms with van der Waals surface area (Å²) in [7, 11) is 0. The van der Waals surface area contributed by atoms with Gasteiger partial charge >= 0.3 is 0 Å². The molecule has 1 amide bonds. The number of alkyl halides is 1. The Kier molecular flexibility index (Phi) is 3.88. The van der Waals surface area contributed by atoms with Crippen LogP contribution in [0.1, 0.15) is 29.6 Å². The third-order valence-electron chi connectivity index (χ3n) is 3.00. The number of hydrogen-bond donors (Lipinski definition) is 1. The van der Waals surface area contributed by atoms with E-state index >= 15 is 0 Å². The van der Waals surface area contributed by atoms with Gasteiger partial charge in [0, 0.05) is 23.8 Å². The highest BCUT2D eigenvalue weighted by atomic mass is 79.9. The van der Waals surface area contributed by atoms with Gasteiger partial charge in [0.15, 0.2) is 0 Å². The number of aromatic nitrogens is 2. The van der Waals surface area contributed by atoms with Crippen LogP contribution in [0.3, 0.4) is 0 Å². The predicted octanol–water partition coefficient (Wildman–Crippen LogP) is 1.77. The SMILES string of the molecule is O=C(NC1CCCC1CBr)c1cncnc1. The molecule has 0 bridgehead atoms. The lowest BCUT2D eigenvalue weighted by Gasteiger charge is -2.18. The maximum Gasteiger partial charge on any atom is 0.254 e. The molecule has 16 heavy (non-hydrogen) atoms. The molecule has 1 aromatic heterocycles. The Labute approximate surface area is 103 Å². The summed E-state index contributed by atoms with van der Waals surface area (Å²) in [6.07, 6.45) is 7.94. The molecule has 2 unspecified atom stereocenters. The van der Waals surface area contributed by atoms with Gasteiger partial charge < -0.3 is 5.32 Å². The fraction of sp³-hybridized carbons (Fsp3) is 0.545. The van der Waals surface area contributed by atoms with Crippen LogP contribution in [0, 0.1) is 5.92 Å². The first-order valence-electron chi connectivity index (χ1n) is 5.43. The molecule has 1 saturated carbocycles. The summed E-state index contributed by atoms with van der Waals surface area (Å²) in [6.45, 7) is 0. The number of nitrogens with one attached hydrogen (secondary N) is 1. The molecule has 0 saturated heterocycles. The molecular formula is C11H14BrN3O. The van der Waals surface area contributed by atoms with Gasteiger partial charge in [0.25, 0.3) is 5.91 Å². The molecule has 1 aliphatic carbocycles. The monoisotopic (exact) mass is 283 g/mol. The molecule has 0 aliphatic heterocycles. The van der Waals surface area contributed by atoms with E-state index in [0.29, 0.717) is 11.5 Å². The summed E-state index contributed by atoms with van der Waals surface area (Å²) in [5, 5.41) is 3.99. The average Bonchev–Trinajstić information content (AvgIpc) is 2.77. The highest BCUT2D eigenvalue weighted by Gasteiger charge is 2.27. The number of carbonyl (C=O) groups is 1. The number of halogens is 1. The molecule has 1 heterocycles. The minimum atomic E-state index is -0.0709. The van der Waals surface area contributed by atoms with Crippen LogP contribution in [-0.4, -0.2) is 27.2 Å². The van der Waals surface area contributed by atoms with Crippen LogP contribution >= 0.6 is 15.9 Å². The summed E-state index contributed by atoms with van der Waals surface area (Å²) in [6, 6.07) is 0.284. The Morgan fingerprint density at radius 2 is 2.19 bits per heavy atom. The molecule has 2 rings (SSSR count). The first kappa shape index (κ1) is 11.5. The van der Waals surface area contributed by atoms with Crippen LogP contribution < -0.4 is 5.32 Å². The van der Waals surface area contributed by atoms with Crippen LogP contribution in [0.15, 0.2) is 18.7 Å². The zero-order valence-electron chi connectivity index (χ0n) is 8.90. The van der Waals surface area contributed by atoms with E-state index in [2.05, 4.69) is 31.2 Å². The molecule has 4 nitrogen and oxygen atoms in total. The summed E-state index contributed by atoms with van der Waals surface area (Å²) >= 11 is 3.49. The summed E-state index contributed by atoms with van der Waals surface area (Å²) < 4.78 is 0. The van der Waals surface area contributed by atoms with Crippen LogP contribution in [0.4, 0.5) is 0 Å². The van der Waals surface area contributed by atoms with Gasteiger partial charge in [-0.2, -0.15) is 0 Å². The van der Waals surface area contributed by atoms with E-state index in [-0.39, 0.29) is 11.9 Å². The van der Waals surface area contributed by atoms with Gasteiger partial charge in [0.2, 0.25) is 0 Å². The second kappa shape index (κ2) is 5.39. The summed E-state index contributed by atoms with van der Waals surface area (Å²) in [5.41, 5.74) is 0.530. The van der Waals surface area contributed by atoms with Crippen molar-refractivity contribution >= 4 is 21.8 Å². The van der Waals surface area contributed by atoms with E-state index in [4.69, 9.17) is 0 Å². The van der Waals surface area contributed by atoms with E-state index in [1.54, 1.807) is 12.4 Å². The van der Waals surface area contributed by atoms with E-state index in [1.807, 2.05) is 0 Å². The maximum atomic E-state index is 11.9. The lowest BCUT2D eigenvalue weighted by atomic mass is 10.1. The van der Waals surface area contributed by atoms with Gasteiger partial charge in [0.05, 0.1) is 5.56 Å². The number of carbonyl (C=O) groups excluding carboxylic acids is 1. The van der Waals surface area contributed by atoms with Gasteiger partial charge in [-0.25, -0.2) is 9.97 Å². The predicted molar refractivity (Wildman–Crippen MR) is 64.4 cm³/mol. The Hall–Kier alpha value is -0.970. The van der Waals surface area contributed by atoms with Gasteiger partial charge in [-0.1, -0.05) is 22.4 Å². The van der Waals surface area contributed by atoms with E-state index in [0.717, 1.165) is 11.8 Å². The number of rotatable bonds is 3. The average molecular weight is 284 g/mol. The lowest BCUT2D eigenvalue weighted by molar-refractivity contribution is 0.0929. The Morgan fingerprint density at radius 3 is 2.88 bits per heavy atom. The van der Waals surface area contributed by atoms with Crippen molar-refractivity contribution in [1.82, 2.24) is 15.3 Å². The number of hydrogen-bond acceptors (Lipinski definition) is 3. The smallest absolute Gasteiger partial charge is 0.254 e. The number of amides is 1. The third-order valence-corrected chi connectivity index (χ3v) is 3.83. The van der Waals surface area contributed by atoms with Crippen LogP contribution in [0.5, 0.6) is 0 Å². The molecule has 86 valence electrons. The largest absolute Gasteiger partial charge is 0.349 e. The minimum Gasteiger partial charge on any atom is -0.349 e. The second-order valence-electron chi connectivity index (χ2n) is 4.05. The number of nitrogens with zero attached hydrogens (tertiary/aromatic N) is 2. The van der Waals surface area contributed by atoms with Crippen molar-refractivity contribution in [3.05, 3.63) is 24.3 Å². The van der Waals surface area contributed by atoms with Crippen LogP contribution in [0.2, 0.25) is 0 Å². The molecule has 0 radical (unpaired) electrons. The fourth-order valence-electron chi connectivity index (χ4n) is 2.08. The third kappa shape index (κ3) is 2.58. The fourth-order valence-corrected chi connectivity index (χ4v) is 2.85. The molecule has 1 N–H and O–H groups in total. The van der Waals surface area contributed by atoms with Crippen molar-refractivity contribution in [3.8, 4) is 0 Å². The molecule has 2 atom stereocenters. The highest BCUT2D eigenvalue weighted by molar-refractivity contribution is 9.09. The van der Waals surface area contributed by atoms with Gasteiger partial charge in [0.1, 0.15) is 6.33 Å². The molecule has 1 fully saturated rings.